The number of fused-ring (bicyclic) bond motifs is 1. The van der Waals surface area contributed by atoms with E-state index in [0.717, 1.165) is 6.04 Å². The van der Waals surface area contributed by atoms with Crippen LogP contribution in [0, 0.1) is 0 Å². The molecule has 1 atom stereocenters. The lowest BCUT2D eigenvalue weighted by molar-refractivity contribution is -0.926. The minimum Gasteiger partial charge on any atom is -0.360 e. The van der Waals surface area contributed by atoms with Crippen molar-refractivity contribution in [3.05, 3.63) is 65.7 Å². The van der Waals surface area contributed by atoms with E-state index in [1.54, 1.807) is 11.1 Å². The van der Waals surface area contributed by atoms with Crippen molar-refractivity contribution in [2.75, 3.05) is 31.1 Å². The molecule has 1 aliphatic carbocycles. The van der Waals surface area contributed by atoms with Gasteiger partial charge in [-0.25, -0.2) is 0 Å². The molecule has 2 aliphatic rings. The van der Waals surface area contributed by atoms with Gasteiger partial charge in [0, 0.05) is 18.5 Å². The van der Waals surface area contributed by atoms with Gasteiger partial charge in [-0.3, -0.25) is 0 Å². The molecular formula is C20H25N2+. The summed E-state index contributed by atoms with van der Waals surface area (Å²) in [6.07, 6.45) is 3.90. The second kappa shape index (κ2) is 6.13. The monoisotopic (exact) mass is 293 g/mol. The third-order valence-electron chi connectivity index (χ3n) is 5.45. The fourth-order valence-corrected chi connectivity index (χ4v) is 4.15. The number of aryl methyl sites for hydroxylation is 1. The highest BCUT2D eigenvalue weighted by molar-refractivity contribution is 5.46. The first kappa shape index (κ1) is 13.8. The van der Waals surface area contributed by atoms with E-state index in [1.807, 2.05) is 4.90 Å². The van der Waals surface area contributed by atoms with Gasteiger partial charge in [0.15, 0.2) is 0 Å². The molecule has 1 N–H and O–H groups in total. The molecule has 0 amide bonds. The van der Waals surface area contributed by atoms with Crippen LogP contribution in [0.4, 0.5) is 5.69 Å². The van der Waals surface area contributed by atoms with Gasteiger partial charge in [0.05, 0.1) is 32.2 Å². The van der Waals surface area contributed by atoms with E-state index >= 15 is 0 Å². The topological polar surface area (TPSA) is 7.68 Å². The molecule has 2 aromatic carbocycles. The molecule has 0 bridgehead atoms. The van der Waals surface area contributed by atoms with Crippen LogP contribution in [-0.2, 0) is 12.8 Å². The van der Waals surface area contributed by atoms with Crippen molar-refractivity contribution < 1.29 is 4.90 Å². The highest BCUT2D eigenvalue weighted by Crippen LogP contribution is 2.20. The predicted molar refractivity (Wildman–Crippen MR) is 91.6 cm³/mol. The van der Waals surface area contributed by atoms with Gasteiger partial charge >= 0.3 is 0 Å². The molecule has 22 heavy (non-hydrogen) atoms. The molecule has 0 aromatic heterocycles. The Balaban J connectivity index is 1.38. The molecule has 4 rings (SSSR count). The zero-order valence-electron chi connectivity index (χ0n) is 13.2. The maximum Gasteiger partial charge on any atom is 0.0951 e. The van der Waals surface area contributed by atoms with Crippen LogP contribution in [0.1, 0.15) is 17.5 Å². The number of piperazine rings is 1. The quantitative estimate of drug-likeness (QED) is 0.889. The minimum absolute atomic E-state index is 0.827. The van der Waals surface area contributed by atoms with Gasteiger partial charge in [0.1, 0.15) is 0 Å². The Morgan fingerprint density at radius 3 is 2.27 bits per heavy atom. The van der Waals surface area contributed by atoms with Crippen molar-refractivity contribution in [1.82, 2.24) is 0 Å². The molecule has 114 valence electrons. The SMILES string of the molecule is c1ccc(N2CC[NH+]([C@H]3CCc4ccccc4C3)CC2)cc1. The lowest BCUT2D eigenvalue weighted by Crippen LogP contribution is -3.18. The van der Waals surface area contributed by atoms with Crippen molar-refractivity contribution in [1.29, 1.82) is 0 Å². The van der Waals surface area contributed by atoms with Crippen LogP contribution in [0.5, 0.6) is 0 Å². The van der Waals surface area contributed by atoms with Gasteiger partial charge in [-0.15, -0.1) is 0 Å². The van der Waals surface area contributed by atoms with Gasteiger partial charge in [-0.1, -0.05) is 42.5 Å². The van der Waals surface area contributed by atoms with Crippen molar-refractivity contribution in [3.63, 3.8) is 0 Å². The molecule has 2 heteroatoms. The van der Waals surface area contributed by atoms with E-state index in [4.69, 9.17) is 0 Å². The lowest BCUT2D eigenvalue weighted by atomic mass is 9.87. The van der Waals surface area contributed by atoms with E-state index in [0.29, 0.717) is 0 Å². The number of hydrogen-bond donors (Lipinski definition) is 1. The first-order chi connectivity index (χ1) is 10.9. The fraction of sp³-hybridized carbons (Fsp3) is 0.400. The summed E-state index contributed by atoms with van der Waals surface area (Å²) in [5.41, 5.74) is 4.56. The molecule has 2 aromatic rings. The number of hydrogen-bond acceptors (Lipinski definition) is 1. The van der Waals surface area contributed by atoms with Crippen LogP contribution in [0.15, 0.2) is 54.6 Å². The molecule has 2 nitrogen and oxygen atoms in total. The molecule has 0 saturated carbocycles. The Bertz CT molecular complexity index is 615. The van der Waals surface area contributed by atoms with Crippen LogP contribution in [-0.4, -0.2) is 32.2 Å². The minimum atomic E-state index is 0.827. The number of nitrogens with zero attached hydrogens (tertiary/aromatic N) is 1. The average molecular weight is 293 g/mol. The number of nitrogens with one attached hydrogen (secondary N) is 1. The number of anilines is 1. The number of benzene rings is 2. The zero-order chi connectivity index (χ0) is 14.8. The molecule has 0 unspecified atom stereocenters. The summed E-state index contributed by atoms with van der Waals surface area (Å²) in [6, 6.07) is 20.7. The van der Waals surface area contributed by atoms with Gasteiger partial charge < -0.3 is 9.80 Å². The van der Waals surface area contributed by atoms with Crippen LogP contribution < -0.4 is 9.80 Å². The molecule has 0 radical (unpaired) electrons. The Hall–Kier alpha value is -1.80. The van der Waals surface area contributed by atoms with Crippen molar-refractivity contribution in [2.24, 2.45) is 0 Å². The maximum absolute atomic E-state index is 2.54. The standard InChI is InChI=1S/C20H24N2/c1-2-8-19(9-3-1)21-12-14-22(15-13-21)20-11-10-17-6-4-5-7-18(17)16-20/h1-9,20H,10-16H2/p+1/t20-/m0/s1. The molecule has 1 heterocycles. The van der Waals surface area contributed by atoms with E-state index in [9.17, 15) is 0 Å². The smallest absolute Gasteiger partial charge is 0.0951 e. The normalized spacial score (nSPS) is 22.4. The average Bonchev–Trinajstić information content (AvgIpc) is 2.62. The van der Waals surface area contributed by atoms with E-state index < -0.39 is 0 Å². The summed E-state index contributed by atoms with van der Waals surface area (Å²) in [5, 5.41) is 0. The summed E-state index contributed by atoms with van der Waals surface area (Å²) in [6.45, 7) is 4.94. The first-order valence-electron chi connectivity index (χ1n) is 8.61. The highest BCUT2D eigenvalue weighted by Gasteiger charge is 2.30. The van der Waals surface area contributed by atoms with Crippen molar-refractivity contribution in [2.45, 2.75) is 25.3 Å². The van der Waals surface area contributed by atoms with E-state index in [-0.39, 0.29) is 0 Å². The largest absolute Gasteiger partial charge is 0.360 e. The molecule has 1 fully saturated rings. The van der Waals surface area contributed by atoms with Gasteiger partial charge in [-0.2, -0.15) is 0 Å². The summed E-state index contributed by atoms with van der Waals surface area (Å²) < 4.78 is 0. The van der Waals surface area contributed by atoms with Crippen LogP contribution in [0.25, 0.3) is 0 Å². The summed E-state index contributed by atoms with van der Waals surface area (Å²) in [5.74, 6) is 0. The second-order valence-electron chi connectivity index (χ2n) is 6.69. The Kier molecular flexibility index (Phi) is 3.86. The van der Waals surface area contributed by atoms with Crippen molar-refractivity contribution >= 4 is 5.69 Å². The third-order valence-corrected chi connectivity index (χ3v) is 5.45. The number of quaternary nitrogens is 1. The third kappa shape index (κ3) is 2.76. The summed E-state index contributed by atoms with van der Waals surface area (Å²) in [4.78, 5) is 4.36. The Labute approximate surface area is 133 Å². The van der Waals surface area contributed by atoms with Crippen LogP contribution in [0.2, 0.25) is 0 Å². The highest BCUT2D eigenvalue weighted by atomic mass is 15.3. The number of rotatable bonds is 2. The van der Waals surface area contributed by atoms with E-state index in [1.165, 1.54) is 51.1 Å². The van der Waals surface area contributed by atoms with Crippen LogP contribution >= 0.6 is 0 Å². The molecule has 0 spiro atoms. The second-order valence-corrected chi connectivity index (χ2v) is 6.69. The van der Waals surface area contributed by atoms with Gasteiger partial charge in [0.25, 0.3) is 0 Å². The van der Waals surface area contributed by atoms with E-state index in [2.05, 4.69) is 59.5 Å². The first-order valence-corrected chi connectivity index (χ1v) is 8.61. The number of para-hydroxylation sites is 1. The molecule has 1 saturated heterocycles. The Morgan fingerprint density at radius 2 is 1.50 bits per heavy atom. The van der Waals surface area contributed by atoms with Crippen molar-refractivity contribution in [3.8, 4) is 0 Å². The van der Waals surface area contributed by atoms with Gasteiger partial charge in [-0.05, 0) is 29.7 Å². The van der Waals surface area contributed by atoms with Crippen LogP contribution in [0.3, 0.4) is 0 Å². The predicted octanol–water partition coefficient (Wildman–Crippen LogP) is 1.95. The fourth-order valence-electron chi connectivity index (χ4n) is 4.15. The zero-order valence-corrected chi connectivity index (χ0v) is 13.2. The lowest BCUT2D eigenvalue weighted by Gasteiger charge is -2.39. The van der Waals surface area contributed by atoms with Gasteiger partial charge in [0.2, 0.25) is 0 Å². The maximum atomic E-state index is 2.54. The summed E-state index contributed by atoms with van der Waals surface area (Å²) >= 11 is 0. The molecular weight excluding hydrogens is 268 g/mol. The summed E-state index contributed by atoms with van der Waals surface area (Å²) in [7, 11) is 0. The Morgan fingerprint density at radius 1 is 0.818 bits per heavy atom. The molecule has 1 aliphatic heterocycles.